The molecule has 0 saturated carbocycles. The number of carbonyl (C=O) groups is 2. The maximum Gasteiger partial charge on any atom is 0.321 e. The van der Waals surface area contributed by atoms with Crippen LogP contribution in [0.4, 0.5) is 4.79 Å². The second-order valence-electron chi connectivity index (χ2n) is 3.26. The summed E-state index contributed by atoms with van der Waals surface area (Å²) in [6.07, 6.45) is 1.30. The maximum absolute atomic E-state index is 11.1. The quantitative estimate of drug-likeness (QED) is 0.576. The van der Waals surface area contributed by atoms with Crippen molar-refractivity contribution >= 4 is 23.7 Å². The summed E-state index contributed by atoms with van der Waals surface area (Å²) in [5.74, 6) is 1.42. The molecule has 1 unspecified atom stereocenters. The standard InChI is InChI=1S/C9H19N3O2S/c1-7(10)3-5-15-6-4-8(13)12-9(14)11-2/h7H,3-6,10H2,1-2H3,(H2,11,12,13,14). The summed E-state index contributed by atoms with van der Waals surface area (Å²) < 4.78 is 0. The minimum absolute atomic E-state index is 0.206. The fourth-order valence-corrected chi connectivity index (χ4v) is 1.86. The molecule has 5 nitrogen and oxygen atoms in total. The highest BCUT2D eigenvalue weighted by Crippen LogP contribution is 2.05. The first-order valence-corrected chi connectivity index (χ1v) is 6.06. The largest absolute Gasteiger partial charge is 0.341 e. The number of hydrogen-bond donors (Lipinski definition) is 3. The Hall–Kier alpha value is -0.750. The molecule has 0 rings (SSSR count). The molecule has 0 aliphatic rings. The molecule has 0 spiro atoms. The first kappa shape index (κ1) is 14.2. The number of thioether (sulfide) groups is 1. The van der Waals surface area contributed by atoms with Gasteiger partial charge in [0.25, 0.3) is 0 Å². The van der Waals surface area contributed by atoms with Gasteiger partial charge in [-0.15, -0.1) is 0 Å². The number of nitrogens with one attached hydrogen (secondary N) is 2. The molecule has 6 heteroatoms. The van der Waals surface area contributed by atoms with Crippen molar-refractivity contribution in [2.75, 3.05) is 18.6 Å². The van der Waals surface area contributed by atoms with E-state index >= 15 is 0 Å². The van der Waals surface area contributed by atoms with Crippen LogP contribution in [0.25, 0.3) is 0 Å². The smallest absolute Gasteiger partial charge is 0.321 e. The van der Waals surface area contributed by atoms with E-state index in [1.165, 1.54) is 7.05 Å². The summed E-state index contributed by atoms with van der Waals surface area (Å²) in [7, 11) is 1.47. The number of carbonyl (C=O) groups excluding carboxylic acids is 2. The molecule has 15 heavy (non-hydrogen) atoms. The van der Waals surface area contributed by atoms with Crippen molar-refractivity contribution in [2.24, 2.45) is 5.73 Å². The van der Waals surface area contributed by atoms with Gasteiger partial charge in [-0.2, -0.15) is 11.8 Å². The molecule has 0 aromatic heterocycles. The molecule has 88 valence electrons. The van der Waals surface area contributed by atoms with Gasteiger partial charge < -0.3 is 11.1 Å². The molecule has 0 heterocycles. The first-order valence-electron chi connectivity index (χ1n) is 4.91. The van der Waals surface area contributed by atoms with Crippen LogP contribution in [0.2, 0.25) is 0 Å². The predicted molar refractivity (Wildman–Crippen MR) is 62.8 cm³/mol. The fourth-order valence-electron chi connectivity index (χ4n) is 0.788. The Balaban J connectivity index is 3.35. The summed E-state index contributed by atoms with van der Waals surface area (Å²) in [4.78, 5) is 21.8. The molecule has 0 saturated heterocycles. The lowest BCUT2D eigenvalue weighted by Crippen LogP contribution is -2.37. The van der Waals surface area contributed by atoms with Crippen LogP contribution in [0.3, 0.4) is 0 Å². The van der Waals surface area contributed by atoms with Crippen LogP contribution in [0.5, 0.6) is 0 Å². The zero-order chi connectivity index (χ0) is 11.7. The van der Waals surface area contributed by atoms with Crippen LogP contribution < -0.4 is 16.4 Å². The number of urea groups is 1. The van der Waals surface area contributed by atoms with E-state index in [1.807, 2.05) is 6.92 Å². The lowest BCUT2D eigenvalue weighted by molar-refractivity contribution is -0.119. The van der Waals surface area contributed by atoms with Crippen LogP contribution in [-0.4, -0.2) is 36.5 Å². The Morgan fingerprint density at radius 3 is 2.60 bits per heavy atom. The van der Waals surface area contributed by atoms with Crippen molar-refractivity contribution in [1.29, 1.82) is 0 Å². The molecule has 0 aliphatic heterocycles. The third kappa shape index (κ3) is 9.55. The Morgan fingerprint density at radius 1 is 1.40 bits per heavy atom. The molecule has 0 aromatic rings. The molecular weight excluding hydrogens is 214 g/mol. The second kappa shape index (κ2) is 8.55. The second-order valence-corrected chi connectivity index (χ2v) is 4.48. The molecule has 0 aromatic carbocycles. The van der Waals surface area contributed by atoms with Crippen molar-refractivity contribution in [3.05, 3.63) is 0 Å². The van der Waals surface area contributed by atoms with Crippen LogP contribution in [0.1, 0.15) is 19.8 Å². The lowest BCUT2D eigenvalue weighted by atomic mass is 10.3. The summed E-state index contributed by atoms with van der Waals surface area (Å²) in [6, 6.07) is -0.252. The normalized spacial score (nSPS) is 11.9. The van der Waals surface area contributed by atoms with Crippen molar-refractivity contribution in [3.8, 4) is 0 Å². The van der Waals surface area contributed by atoms with E-state index in [9.17, 15) is 9.59 Å². The van der Waals surface area contributed by atoms with Gasteiger partial charge >= 0.3 is 6.03 Å². The Bertz CT molecular complexity index is 210. The molecule has 4 N–H and O–H groups in total. The van der Waals surface area contributed by atoms with Gasteiger partial charge in [-0.25, -0.2) is 4.79 Å². The highest BCUT2D eigenvalue weighted by molar-refractivity contribution is 7.99. The highest BCUT2D eigenvalue weighted by atomic mass is 32.2. The van der Waals surface area contributed by atoms with E-state index in [4.69, 9.17) is 5.73 Å². The average Bonchev–Trinajstić information content (AvgIpc) is 2.16. The van der Waals surface area contributed by atoms with Gasteiger partial charge in [0, 0.05) is 25.3 Å². The van der Waals surface area contributed by atoms with E-state index in [0.717, 1.165) is 17.9 Å². The molecule has 0 bridgehead atoms. The van der Waals surface area contributed by atoms with Gasteiger partial charge in [-0.3, -0.25) is 10.1 Å². The number of amides is 3. The van der Waals surface area contributed by atoms with Crippen molar-refractivity contribution in [3.63, 3.8) is 0 Å². The van der Waals surface area contributed by atoms with E-state index in [-0.39, 0.29) is 11.9 Å². The van der Waals surface area contributed by atoms with Gasteiger partial charge in [-0.05, 0) is 19.1 Å². The fraction of sp³-hybridized carbons (Fsp3) is 0.778. The minimum atomic E-state index is -0.458. The number of rotatable bonds is 6. The van der Waals surface area contributed by atoms with Crippen molar-refractivity contribution < 1.29 is 9.59 Å². The number of hydrogen-bond acceptors (Lipinski definition) is 4. The maximum atomic E-state index is 11.1. The Labute approximate surface area is 94.5 Å². The van der Waals surface area contributed by atoms with Crippen LogP contribution in [0.15, 0.2) is 0 Å². The van der Waals surface area contributed by atoms with Crippen molar-refractivity contribution in [1.82, 2.24) is 10.6 Å². The summed E-state index contributed by atoms with van der Waals surface area (Å²) >= 11 is 1.67. The molecular formula is C9H19N3O2S. The van der Waals surface area contributed by atoms with Crippen molar-refractivity contribution in [2.45, 2.75) is 25.8 Å². The third-order valence-corrected chi connectivity index (χ3v) is 2.69. The van der Waals surface area contributed by atoms with Gasteiger partial charge in [0.2, 0.25) is 5.91 Å². The van der Waals surface area contributed by atoms with E-state index < -0.39 is 6.03 Å². The Kier molecular flexibility index (Phi) is 8.12. The van der Waals surface area contributed by atoms with E-state index in [0.29, 0.717) is 6.42 Å². The van der Waals surface area contributed by atoms with Crippen LogP contribution in [-0.2, 0) is 4.79 Å². The third-order valence-electron chi connectivity index (χ3n) is 1.67. The van der Waals surface area contributed by atoms with Gasteiger partial charge in [0.15, 0.2) is 0 Å². The highest BCUT2D eigenvalue weighted by Gasteiger charge is 2.05. The Morgan fingerprint density at radius 2 is 2.07 bits per heavy atom. The molecule has 1 atom stereocenters. The lowest BCUT2D eigenvalue weighted by Gasteiger charge is -2.05. The molecule has 0 aliphatic carbocycles. The van der Waals surface area contributed by atoms with E-state index in [1.54, 1.807) is 11.8 Å². The minimum Gasteiger partial charge on any atom is -0.341 e. The van der Waals surface area contributed by atoms with Crippen LogP contribution >= 0.6 is 11.8 Å². The first-order chi connectivity index (χ1) is 7.06. The number of imide groups is 1. The number of nitrogens with two attached hydrogens (primary N) is 1. The summed E-state index contributed by atoms with van der Waals surface area (Å²) in [6.45, 7) is 1.96. The average molecular weight is 233 g/mol. The molecule has 3 amide bonds. The molecule has 0 fully saturated rings. The monoisotopic (exact) mass is 233 g/mol. The van der Waals surface area contributed by atoms with Crippen LogP contribution in [0, 0.1) is 0 Å². The topological polar surface area (TPSA) is 84.2 Å². The summed E-state index contributed by atoms with van der Waals surface area (Å²) in [5.41, 5.74) is 5.57. The predicted octanol–water partition coefficient (Wildman–Crippen LogP) is 0.303. The SMILES string of the molecule is CNC(=O)NC(=O)CCSCCC(C)N. The van der Waals surface area contributed by atoms with Gasteiger partial charge in [0.1, 0.15) is 0 Å². The van der Waals surface area contributed by atoms with E-state index in [2.05, 4.69) is 10.6 Å². The van der Waals surface area contributed by atoms with Gasteiger partial charge in [-0.1, -0.05) is 0 Å². The summed E-state index contributed by atoms with van der Waals surface area (Å²) in [5, 5.41) is 4.52. The zero-order valence-corrected chi connectivity index (χ0v) is 10.0. The zero-order valence-electron chi connectivity index (χ0n) is 9.21. The molecule has 0 radical (unpaired) electrons. The van der Waals surface area contributed by atoms with Gasteiger partial charge in [0.05, 0.1) is 0 Å².